The van der Waals surface area contributed by atoms with Gasteiger partial charge in [-0.2, -0.15) is 4.31 Å². The minimum atomic E-state index is -3.76. The van der Waals surface area contributed by atoms with Crippen LogP contribution in [0, 0.1) is 0 Å². The molecule has 0 spiro atoms. The summed E-state index contributed by atoms with van der Waals surface area (Å²) in [5, 5.41) is 2.81. The summed E-state index contributed by atoms with van der Waals surface area (Å²) in [6.07, 6.45) is 2.94. The summed E-state index contributed by atoms with van der Waals surface area (Å²) in [4.78, 5) is 25.6. The Morgan fingerprint density at radius 3 is 2.67 bits per heavy atom. The minimum absolute atomic E-state index is 0.0159. The van der Waals surface area contributed by atoms with Crippen molar-refractivity contribution in [2.24, 2.45) is 7.05 Å². The van der Waals surface area contributed by atoms with Crippen molar-refractivity contribution in [2.45, 2.75) is 11.4 Å². The second-order valence-electron chi connectivity index (χ2n) is 6.94. The predicted octanol–water partition coefficient (Wildman–Crippen LogP) is 1.08. The maximum Gasteiger partial charge on any atom is 0.257 e. The number of furan rings is 1. The number of rotatable bonds is 5. The fraction of sp³-hybridized carbons (Fsp3) is 0.300. The van der Waals surface area contributed by atoms with Crippen LogP contribution in [-0.4, -0.2) is 49.5 Å². The number of carbonyl (C=O) groups is 1. The summed E-state index contributed by atoms with van der Waals surface area (Å²) < 4.78 is 39.3. The van der Waals surface area contributed by atoms with Crippen LogP contribution >= 0.6 is 0 Å². The van der Waals surface area contributed by atoms with Crippen LogP contribution in [0.25, 0.3) is 10.9 Å². The number of amides is 1. The van der Waals surface area contributed by atoms with E-state index in [1.54, 1.807) is 29.8 Å². The van der Waals surface area contributed by atoms with Crippen molar-refractivity contribution in [3.63, 3.8) is 0 Å². The molecule has 1 aromatic carbocycles. The molecule has 30 heavy (non-hydrogen) atoms. The van der Waals surface area contributed by atoms with Crippen molar-refractivity contribution in [1.82, 2.24) is 14.2 Å². The summed E-state index contributed by atoms with van der Waals surface area (Å²) in [5.74, 6) is -0.00445. The molecule has 1 aliphatic rings. The van der Waals surface area contributed by atoms with E-state index in [0.29, 0.717) is 24.5 Å². The summed E-state index contributed by atoms with van der Waals surface area (Å²) >= 11 is 0. The molecule has 0 atom stereocenters. The van der Waals surface area contributed by atoms with Gasteiger partial charge in [0.25, 0.3) is 5.91 Å². The fourth-order valence-corrected chi connectivity index (χ4v) is 4.84. The van der Waals surface area contributed by atoms with E-state index < -0.39 is 21.4 Å². The van der Waals surface area contributed by atoms with Crippen molar-refractivity contribution >= 4 is 26.8 Å². The number of sulfonamides is 1. The smallest absolute Gasteiger partial charge is 0.257 e. The van der Waals surface area contributed by atoms with E-state index in [-0.39, 0.29) is 35.5 Å². The van der Waals surface area contributed by atoms with Crippen LogP contribution in [0.5, 0.6) is 0 Å². The van der Waals surface area contributed by atoms with E-state index in [4.69, 9.17) is 9.15 Å². The highest BCUT2D eigenvalue weighted by molar-refractivity contribution is 7.89. The van der Waals surface area contributed by atoms with E-state index in [9.17, 15) is 18.0 Å². The van der Waals surface area contributed by atoms with Gasteiger partial charge in [-0.05, 0) is 30.3 Å². The monoisotopic (exact) mass is 431 g/mol. The van der Waals surface area contributed by atoms with E-state index >= 15 is 0 Å². The molecule has 2 aromatic heterocycles. The molecule has 0 saturated carbocycles. The normalized spacial score (nSPS) is 15.4. The predicted molar refractivity (Wildman–Crippen MR) is 109 cm³/mol. The molecule has 0 unspecified atom stereocenters. The lowest BCUT2D eigenvalue weighted by molar-refractivity contribution is 0.0730. The lowest BCUT2D eigenvalue weighted by atomic mass is 10.1. The van der Waals surface area contributed by atoms with E-state index in [2.05, 4.69) is 5.32 Å². The van der Waals surface area contributed by atoms with E-state index in [1.165, 1.54) is 28.9 Å². The summed E-state index contributed by atoms with van der Waals surface area (Å²) in [5.41, 5.74) is -0.0694. The van der Waals surface area contributed by atoms with Crippen molar-refractivity contribution in [2.75, 3.05) is 26.3 Å². The molecule has 1 fully saturated rings. The molecule has 1 saturated heterocycles. The maximum absolute atomic E-state index is 13.0. The van der Waals surface area contributed by atoms with Crippen LogP contribution < -0.4 is 10.7 Å². The van der Waals surface area contributed by atoms with E-state index in [1.807, 2.05) is 0 Å². The highest BCUT2D eigenvalue weighted by Gasteiger charge is 2.27. The van der Waals surface area contributed by atoms with Gasteiger partial charge >= 0.3 is 0 Å². The van der Waals surface area contributed by atoms with Gasteiger partial charge in [0.05, 0.1) is 36.4 Å². The zero-order valence-corrected chi connectivity index (χ0v) is 17.1. The zero-order chi connectivity index (χ0) is 21.3. The molecule has 1 aliphatic heterocycles. The van der Waals surface area contributed by atoms with Gasteiger partial charge in [0, 0.05) is 31.7 Å². The molecular formula is C20H21N3O6S. The quantitative estimate of drug-likeness (QED) is 0.647. The highest BCUT2D eigenvalue weighted by atomic mass is 32.2. The Balaban J connectivity index is 1.71. The lowest BCUT2D eigenvalue weighted by Gasteiger charge is -2.26. The third-order valence-electron chi connectivity index (χ3n) is 5.02. The third-order valence-corrected chi connectivity index (χ3v) is 6.91. The largest absolute Gasteiger partial charge is 0.467 e. The van der Waals surface area contributed by atoms with Gasteiger partial charge in [-0.1, -0.05) is 0 Å². The second kappa shape index (κ2) is 8.05. The van der Waals surface area contributed by atoms with Crippen LogP contribution in [-0.2, 0) is 28.4 Å². The average Bonchev–Trinajstić information content (AvgIpc) is 3.28. The minimum Gasteiger partial charge on any atom is -0.467 e. The van der Waals surface area contributed by atoms with Crippen LogP contribution in [0.4, 0.5) is 0 Å². The third kappa shape index (κ3) is 3.76. The standard InChI is InChI=1S/C20H21N3O6S/c1-22-13-17(20(25)21-12-14-3-2-8-29-14)19(24)16-11-15(4-5-18(16)22)30(26,27)23-6-9-28-10-7-23/h2-5,8,11,13H,6-7,9-10,12H2,1H3,(H,21,25). The number of carbonyl (C=O) groups excluding carboxylic acids is 1. The van der Waals surface area contributed by atoms with Gasteiger partial charge in [-0.15, -0.1) is 0 Å². The zero-order valence-electron chi connectivity index (χ0n) is 16.3. The first-order valence-electron chi connectivity index (χ1n) is 9.40. The first-order valence-corrected chi connectivity index (χ1v) is 10.8. The number of hydrogen-bond acceptors (Lipinski definition) is 6. The van der Waals surface area contributed by atoms with Gasteiger partial charge in [0.1, 0.15) is 11.3 Å². The van der Waals surface area contributed by atoms with E-state index in [0.717, 1.165) is 0 Å². The summed E-state index contributed by atoms with van der Waals surface area (Å²) in [7, 11) is -2.07. The second-order valence-corrected chi connectivity index (χ2v) is 8.88. The summed E-state index contributed by atoms with van der Waals surface area (Å²) in [6, 6.07) is 7.80. The first kappa shape index (κ1) is 20.3. The molecule has 0 bridgehead atoms. The molecule has 10 heteroatoms. The van der Waals surface area contributed by atoms with Crippen molar-refractivity contribution in [1.29, 1.82) is 0 Å². The number of ether oxygens (including phenoxy) is 1. The van der Waals surface area contributed by atoms with Gasteiger partial charge < -0.3 is 19.0 Å². The van der Waals surface area contributed by atoms with Crippen LogP contribution in [0.3, 0.4) is 0 Å². The average molecular weight is 431 g/mol. The highest BCUT2D eigenvalue weighted by Crippen LogP contribution is 2.21. The molecule has 4 rings (SSSR count). The molecule has 158 valence electrons. The topological polar surface area (TPSA) is 111 Å². The molecule has 1 amide bonds. The number of pyridine rings is 1. The van der Waals surface area contributed by atoms with Gasteiger partial charge in [-0.3, -0.25) is 9.59 Å². The van der Waals surface area contributed by atoms with Crippen molar-refractivity contribution in [3.05, 3.63) is 64.3 Å². The molecule has 1 N–H and O–H groups in total. The maximum atomic E-state index is 13.0. The Bertz CT molecular complexity index is 1240. The van der Waals surface area contributed by atoms with Gasteiger partial charge in [0.2, 0.25) is 15.5 Å². The number of hydrogen-bond donors (Lipinski definition) is 1. The number of nitrogens with zero attached hydrogens (tertiary/aromatic N) is 2. The molecule has 3 heterocycles. The Labute approximate surface area is 172 Å². The molecule has 3 aromatic rings. The number of morpholine rings is 1. The summed E-state index contributed by atoms with van der Waals surface area (Å²) in [6.45, 7) is 1.31. The Kier molecular flexibility index (Phi) is 5.46. The number of nitrogens with one attached hydrogen (secondary N) is 1. The van der Waals surface area contributed by atoms with Crippen molar-refractivity contribution < 1.29 is 22.4 Å². The van der Waals surface area contributed by atoms with Gasteiger partial charge in [-0.25, -0.2) is 8.42 Å². The number of aromatic nitrogens is 1. The number of aryl methyl sites for hydroxylation is 1. The molecular weight excluding hydrogens is 410 g/mol. The SMILES string of the molecule is Cn1cc(C(=O)NCc2ccco2)c(=O)c2cc(S(=O)(=O)N3CCOCC3)ccc21. The Hall–Kier alpha value is -2.95. The molecule has 0 radical (unpaired) electrons. The first-order chi connectivity index (χ1) is 14.4. The van der Waals surface area contributed by atoms with Crippen LogP contribution in [0.2, 0.25) is 0 Å². The fourth-order valence-electron chi connectivity index (χ4n) is 3.41. The number of fused-ring (bicyclic) bond motifs is 1. The number of benzene rings is 1. The van der Waals surface area contributed by atoms with Crippen molar-refractivity contribution in [3.8, 4) is 0 Å². The Morgan fingerprint density at radius 2 is 1.97 bits per heavy atom. The lowest BCUT2D eigenvalue weighted by Crippen LogP contribution is -2.40. The molecule has 9 nitrogen and oxygen atoms in total. The van der Waals surface area contributed by atoms with Crippen LogP contribution in [0.1, 0.15) is 16.1 Å². The molecule has 0 aliphatic carbocycles. The Morgan fingerprint density at radius 1 is 1.20 bits per heavy atom. The van der Waals surface area contributed by atoms with Gasteiger partial charge in [0.15, 0.2) is 0 Å². The van der Waals surface area contributed by atoms with Crippen LogP contribution in [0.15, 0.2) is 56.9 Å².